The summed E-state index contributed by atoms with van der Waals surface area (Å²) in [5.74, 6) is -0.0464. The lowest BCUT2D eigenvalue weighted by molar-refractivity contribution is 0.243. The molecule has 0 saturated heterocycles. The zero-order chi connectivity index (χ0) is 16.0. The lowest BCUT2D eigenvalue weighted by atomic mass is 9.95. The van der Waals surface area contributed by atoms with E-state index in [0.717, 1.165) is 12.5 Å². The molecule has 0 aromatic heterocycles. The second kappa shape index (κ2) is 7.87. The lowest BCUT2D eigenvalue weighted by Crippen LogP contribution is -2.30. The summed E-state index contributed by atoms with van der Waals surface area (Å²) in [5, 5.41) is 9.04. The Bertz CT molecular complexity index is 558. The normalized spacial score (nSPS) is 13.6. The second-order valence-corrected chi connectivity index (χ2v) is 7.54. The summed E-state index contributed by atoms with van der Waals surface area (Å²) in [6.07, 6.45) is 1.37. The second-order valence-electron chi connectivity index (χ2n) is 5.77. The summed E-state index contributed by atoms with van der Waals surface area (Å²) in [6.45, 7) is 5.95. The SMILES string of the molecule is Cc1ccc(S(=O)(=O)NCC(CCO)CC(C)C)cc1F. The van der Waals surface area contributed by atoms with Gasteiger partial charge >= 0.3 is 0 Å². The van der Waals surface area contributed by atoms with Crippen LogP contribution in [0.2, 0.25) is 0 Å². The van der Waals surface area contributed by atoms with Crippen molar-refractivity contribution in [2.24, 2.45) is 11.8 Å². The Balaban J connectivity index is 2.76. The van der Waals surface area contributed by atoms with E-state index in [-0.39, 0.29) is 24.0 Å². The van der Waals surface area contributed by atoms with Gasteiger partial charge in [-0.05, 0) is 49.3 Å². The number of rotatable bonds is 8. The highest BCUT2D eigenvalue weighted by atomic mass is 32.2. The average Bonchev–Trinajstić information content (AvgIpc) is 2.39. The number of benzene rings is 1. The molecule has 1 atom stereocenters. The van der Waals surface area contributed by atoms with E-state index in [2.05, 4.69) is 4.72 Å². The highest BCUT2D eigenvalue weighted by Gasteiger charge is 2.18. The van der Waals surface area contributed by atoms with Crippen LogP contribution in [0.3, 0.4) is 0 Å². The van der Waals surface area contributed by atoms with Crippen molar-refractivity contribution in [1.29, 1.82) is 0 Å². The van der Waals surface area contributed by atoms with Gasteiger partial charge in [-0.1, -0.05) is 19.9 Å². The smallest absolute Gasteiger partial charge is 0.240 e. The molecule has 0 bridgehead atoms. The van der Waals surface area contributed by atoms with Crippen LogP contribution in [0.25, 0.3) is 0 Å². The Hall–Kier alpha value is -0.980. The molecule has 1 aromatic rings. The van der Waals surface area contributed by atoms with E-state index in [1.54, 1.807) is 6.92 Å². The highest BCUT2D eigenvalue weighted by molar-refractivity contribution is 7.89. The maximum Gasteiger partial charge on any atom is 0.240 e. The maximum absolute atomic E-state index is 13.5. The number of aliphatic hydroxyl groups excluding tert-OH is 1. The van der Waals surface area contributed by atoms with E-state index in [1.165, 1.54) is 12.1 Å². The minimum Gasteiger partial charge on any atom is -0.396 e. The Morgan fingerprint density at radius 3 is 2.52 bits per heavy atom. The predicted molar refractivity (Wildman–Crippen MR) is 81.0 cm³/mol. The molecule has 0 heterocycles. The fraction of sp³-hybridized carbons (Fsp3) is 0.600. The van der Waals surface area contributed by atoms with E-state index >= 15 is 0 Å². The Kier molecular flexibility index (Phi) is 6.77. The summed E-state index contributed by atoms with van der Waals surface area (Å²) in [4.78, 5) is -0.0714. The number of hydrogen-bond acceptors (Lipinski definition) is 3. The first-order valence-electron chi connectivity index (χ1n) is 7.13. The number of aliphatic hydroxyl groups is 1. The zero-order valence-corrected chi connectivity index (χ0v) is 13.6. The number of nitrogens with one attached hydrogen (secondary N) is 1. The van der Waals surface area contributed by atoms with E-state index in [9.17, 15) is 12.8 Å². The number of sulfonamides is 1. The van der Waals surface area contributed by atoms with Crippen LogP contribution in [-0.4, -0.2) is 26.7 Å². The third-order valence-corrected chi connectivity index (χ3v) is 4.78. The van der Waals surface area contributed by atoms with Gasteiger partial charge in [-0.3, -0.25) is 0 Å². The predicted octanol–water partition coefficient (Wildman–Crippen LogP) is 2.46. The van der Waals surface area contributed by atoms with Gasteiger partial charge in [-0.2, -0.15) is 0 Å². The summed E-state index contributed by atoms with van der Waals surface area (Å²) in [7, 11) is -3.72. The molecule has 0 fully saturated rings. The van der Waals surface area contributed by atoms with Crippen LogP contribution in [0, 0.1) is 24.6 Å². The minimum atomic E-state index is -3.72. The van der Waals surface area contributed by atoms with Crippen LogP contribution in [-0.2, 0) is 10.0 Å². The first kappa shape index (κ1) is 18.1. The molecule has 4 nitrogen and oxygen atoms in total. The van der Waals surface area contributed by atoms with Crippen molar-refractivity contribution in [2.45, 2.75) is 38.5 Å². The molecule has 0 aliphatic heterocycles. The Morgan fingerprint density at radius 2 is 2.00 bits per heavy atom. The summed E-state index contributed by atoms with van der Waals surface area (Å²) in [5.41, 5.74) is 0.409. The third kappa shape index (κ3) is 5.73. The molecule has 1 aromatic carbocycles. The van der Waals surface area contributed by atoms with Gasteiger partial charge in [0.15, 0.2) is 0 Å². The molecule has 0 saturated carbocycles. The molecule has 0 aliphatic carbocycles. The molecule has 0 radical (unpaired) electrons. The average molecular weight is 317 g/mol. The van der Waals surface area contributed by atoms with Crippen molar-refractivity contribution in [3.63, 3.8) is 0 Å². The maximum atomic E-state index is 13.5. The number of aryl methyl sites for hydroxylation is 1. The number of halogens is 1. The van der Waals surface area contributed by atoms with Crippen molar-refractivity contribution in [1.82, 2.24) is 4.72 Å². The van der Waals surface area contributed by atoms with Crippen LogP contribution in [0.5, 0.6) is 0 Å². The van der Waals surface area contributed by atoms with Gasteiger partial charge in [0.25, 0.3) is 0 Å². The highest BCUT2D eigenvalue weighted by Crippen LogP contribution is 2.17. The van der Waals surface area contributed by atoms with Gasteiger partial charge in [0, 0.05) is 13.2 Å². The van der Waals surface area contributed by atoms with Crippen molar-refractivity contribution in [2.75, 3.05) is 13.2 Å². The first-order chi connectivity index (χ1) is 9.76. The quantitative estimate of drug-likeness (QED) is 0.774. The molecule has 0 aliphatic rings. The third-order valence-electron chi connectivity index (χ3n) is 3.36. The molecule has 0 spiro atoms. The van der Waals surface area contributed by atoms with Crippen LogP contribution in [0.4, 0.5) is 4.39 Å². The first-order valence-corrected chi connectivity index (χ1v) is 8.61. The topological polar surface area (TPSA) is 66.4 Å². The Morgan fingerprint density at radius 1 is 1.33 bits per heavy atom. The lowest BCUT2D eigenvalue weighted by Gasteiger charge is -2.18. The minimum absolute atomic E-state index is 0.0261. The van der Waals surface area contributed by atoms with Crippen molar-refractivity contribution >= 4 is 10.0 Å². The van der Waals surface area contributed by atoms with Gasteiger partial charge in [-0.25, -0.2) is 17.5 Å². The molecule has 1 rings (SSSR count). The number of hydrogen-bond donors (Lipinski definition) is 2. The van der Waals surface area contributed by atoms with Crippen LogP contribution >= 0.6 is 0 Å². The molecular weight excluding hydrogens is 293 g/mol. The van der Waals surface area contributed by atoms with E-state index < -0.39 is 15.8 Å². The van der Waals surface area contributed by atoms with Gasteiger partial charge in [0.1, 0.15) is 5.82 Å². The summed E-state index contributed by atoms with van der Waals surface area (Å²) in [6, 6.07) is 3.87. The molecule has 2 N–H and O–H groups in total. The van der Waals surface area contributed by atoms with Crippen molar-refractivity contribution in [3.05, 3.63) is 29.6 Å². The zero-order valence-electron chi connectivity index (χ0n) is 12.8. The van der Waals surface area contributed by atoms with E-state index in [4.69, 9.17) is 5.11 Å². The molecular formula is C15H24FNO3S. The van der Waals surface area contributed by atoms with E-state index in [0.29, 0.717) is 17.9 Å². The van der Waals surface area contributed by atoms with Crippen LogP contribution < -0.4 is 4.72 Å². The van der Waals surface area contributed by atoms with Crippen LogP contribution in [0.15, 0.2) is 23.1 Å². The summed E-state index contributed by atoms with van der Waals surface area (Å²) < 4.78 is 40.3. The summed E-state index contributed by atoms with van der Waals surface area (Å²) >= 11 is 0. The Labute approximate surface area is 126 Å². The fourth-order valence-corrected chi connectivity index (χ4v) is 3.33. The fourth-order valence-electron chi connectivity index (χ4n) is 2.20. The molecule has 1 unspecified atom stereocenters. The van der Waals surface area contributed by atoms with Gasteiger partial charge in [-0.15, -0.1) is 0 Å². The van der Waals surface area contributed by atoms with Gasteiger partial charge < -0.3 is 5.11 Å². The molecule has 120 valence electrons. The monoisotopic (exact) mass is 317 g/mol. The van der Waals surface area contributed by atoms with Crippen molar-refractivity contribution < 1.29 is 17.9 Å². The standard InChI is InChI=1S/C15H24FNO3S/c1-11(2)8-13(6-7-18)10-17-21(19,20)14-5-4-12(3)15(16)9-14/h4-5,9,11,13,17-18H,6-8,10H2,1-3H3. The van der Waals surface area contributed by atoms with Crippen LogP contribution in [0.1, 0.15) is 32.3 Å². The molecule has 21 heavy (non-hydrogen) atoms. The van der Waals surface area contributed by atoms with Gasteiger partial charge in [0.2, 0.25) is 10.0 Å². The molecule has 0 amide bonds. The van der Waals surface area contributed by atoms with Gasteiger partial charge in [0.05, 0.1) is 4.90 Å². The van der Waals surface area contributed by atoms with Crippen molar-refractivity contribution in [3.8, 4) is 0 Å². The largest absolute Gasteiger partial charge is 0.396 e. The van der Waals surface area contributed by atoms with E-state index in [1.807, 2.05) is 13.8 Å². The molecule has 6 heteroatoms.